The van der Waals surface area contributed by atoms with Crippen LogP contribution in [0.25, 0.3) is 0 Å². The zero-order valence-electron chi connectivity index (χ0n) is 14.8. The van der Waals surface area contributed by atoms with E-state index in [1.54, 1.807) is 13.2 Å². The number of rotatable bonds is 6. The molecule has 1 aliphatic rings. The molecule has 2 unspecified atom stereocenters. The number of aromatic hydroxyl groups is 2. The van der Waals surface area contributed by atoms with E-state index in [1.165, 1.54) is 11.6 Å². The van der Waals surface area contributed by atoms with Crippen LogP contribution < -0.4 is 4.74 Å². The normalized spacial score (nSPS) is 19.9. The minimum Gasteiger partial charge on any atom is -0.504 e. The maximum atomic E-state index is 9.86. The van der Waals surface area contributed by atoms with Gasteiger partial charge in [-0.3, -0.25) is 4.90 Å². The predicted octanol–water partition coefficient (Wildman–Crippen LogP) is 3.62. The highest BCUT2D eigenvalue weighted by Crippen LogP contribution is 2.39. The van der Waals surface area contributed by atoms with E-state index in [0.717, 1.165) is 37.0 Å². The first-order valence-electron chi connectivity index (χ1n) is 8.63. The van der Waals surface area contributed by atoms with Crippen molar-refractivity contribution in [2.24, 2.45) is 0 Å². The molecule has 6 heteroatoms. The zero-order chi connectivity index (χ0) is 17.8. The van der Waals surface area contributed by atoms with Gasteiger partial charge in [0.2, 0.25) is 0 Å². The first-order valence-corrected chi connectivity index (χ1v) is 8.63. The summed E-state index contributed by atoms with van der Waals surface area (Å²) in [7, 11) is 1.66. The summed E-state index contributed by atoms with van der Waals surface area (Å²) in [5.41, 5.74) is 2.18. The van der Waals surface area contributed by atoms with Crippen LogP contribution in [-0.4, -0.2) is 40.1 Å². The zero-order valence-corrected chi connectivity index (χ0v) is 15.7. The van der Waals surface area contributed by atoms with Crippen molar-refractivity contribution in [1.29, 1.82) is 0 Å². The highest BCUT2D eigenvalue weighted by atomic mass is 35.5. The molecule has 2 aromatic carbocycles. The number of likely N-dealkylation sites (tertiary alicyclic amines) is 1. The van der Waals surface area contributed by atoms with Gasteiger partial charge in [0.15, 0.2) is 11.5 Å². The van der Waals surface area contributed by atoms with Crippen molar-refractivity contribution in [3.8, 4) is 17.2 Å². The standard InChI is InChI=1S/C20H25NO4.ClH/c1-25-17-8-3-14(4-9-17)2-6-16-7-10-18(21(16)13-22)15-5-11-19(23)20(24)12-15;/h3-5,8-9,11-12,16,18,22-24H,2,6-7,10,13H2,1H3;1H. The maximum absolute atomic E-state index is 9.86. The molecule has 0 amide bonds. The summed E-state index contributed by atoms with van der Waals surface area (Å²) in [6, 6.07) is 13.4. The van der Waals surface area contributed by atoms with Gasteiger partial charge in [0.05, 0.1) is 13.8 Å². The molecule has 0 bridgehead atoms. The molecule has 142 valence electrons. The number of benzene rings is 2. The highest BCUT2D eigenvalue weighted by molar-refractivity contribution is 5.85. The number of hydrogen-bond acceptors (Lipinski definition) is 5. The monoisotopic (exact) mass is 379 g/mol. The maximum Gasteiger partial charge on any atom is 0.157 e. The van der Waals surface area contributed by atoms with Crippen molar-refractivity contribution in [1.82, 2.24) is 4.90 Å². The molecule has 3 rings (SSSR count). The smallest absolute Gasteiger partial charge is 0.157 e. The Morgan fingerprint density at radius 2 is 1.77 bits per heavy atom. The van der Waals surface area contributed by atoms with E-state index in [1.807, 2.05) is 18.2 Å². The molecule has 1 fully saturated rings. The molecular weight excluding hydrogens is 354 g/mol. The first-order chi connectivity index (χ1) is 12.1. The Labute approximate surface area is 160 Å². The summed E-state index contributed by atoms with van der Waals surface area (Å²) < 4.78 is 5.18. The summed E-state index contributed by atoms with van der Waals surface area (Å²) in [6.45, 7) is -0.0143. The minimum absolute atomic E-state index is 0. The number of ether oxygens (including phenoxy) is 1. The second-order valence-electron chi connectivity index (χ2n) is 6.54. The fourth-order valence-corrected chi connectivity index (χ4v) is 3.69. The number of hydrogen-bond donors (Lipinski definition) is 3. The van der Waals surface area contributed by atoms with E-state index in [2.05, 4.69) is 17.0 Å². The van der Waals surface area contributed by atoms with E-state index in [9.17, 15) is 15.3 Å². The van der Waals surface area contributed by atoms with Crippen LogP contribution in [0.15, 0.2) is 42.5 Å². The quantitative estimate of drug-likeness (QED) is 0.668. The summed E-state index contributed by atoms with van der Waals surface area (Å²) >= 11 is 0. The number of aliphatic hydroxyl groups is 1. The van der Waals surface area contributed by atoms with Gasteiger partial charge in [-0.25, -0.2) is 0 Å². The van der Waals surface area contributed by atoms with Crippen molar-refractivity contribution < 1.29 is 20.1 Å². The number of aryl methyl sites for hydroxylation is 1. The lowest BCUT2D eigenvalue weighted by molar-refractivity contribution is 0.0596. The third-order valence-electron chi connectivity index (χ3n) is 5.12. The number of nitrogens with zero attached hydrogens (tertiary/aromatic N) is 1. The summed E-state index contributed by atoms with van der Waals surface area (Å²) in [5, 5.41) is 29.1. The number of phenols is 2. The lowest BCUT2D eigenvalue weighted by Crippen LogP contribution is -2.32. The SMILES string of the molecule is COc1ccc(CCC2CCC(c3ccc(O)c(O)c3)N2CO)cc1.Cl. The number of methoxy groups -OCH3 is 1. The van der Waals surface area contributed by atoms with Gasteiger partial charge in [-0.05, 0) is 61.1 Å². The van der Waals surface area contributed by atoms with Gasteiger partial charge >= 0.3 is 0 Å². The third kappa shape index (κ3) is 4.41. The van der Waals surface area contributed by atoms with Crippen LogP contribution in [0.5, 0.6) is 17.2 Å². The topological polar surface area (TPSA) is 73.2 Å². The highest BCUT2D eigenvalue weighted by Gasteiger charge is 2.33. The van der Waals surface area contributed by atoms with Crippen LogP contribution in [0.4, 0.5) is 0 Å². The Hall–Kier alpha value is -1.95. The molecule has 0 radical (unpaired) electrons. The van der Waals surface area contributed by atoms with E-state index in [-0.39, 0.29) is 36.7 Å². The predicted molar refractivity (Wildman–Crippen MR) is 103 cm³/mol. The summed E-state index contributed by atoms with van der Waals surface area (Å²) in [4.78, 5) is 2.08. The van der Waals surface area contributed by atoms with Gasteiger partial charge in [0.25, 0.3) is 0 Å². The molecule has 0 aliphatic carbocycles. The molecule has 1 saturated heterocycles. The second kappa shape index (κ2) is 9.12. The Balaban J connectivity index is 0.00000243. The molecule has 0 spiro atoms. The van der Waals surface area contributed by atoms with Crippen molar-refractivity contribution in [3.05, 3.63) is 53.6 Å². The van der Waals surface area contributed by atoms with E-state index in [4.69, 9.17) is 4.74 Å². The van der Waals surface area contributed by atoms with Crippen LogP contribution in [-0.2, 0) is 6.42 Å². The number of aliphatic hydroxyl groups excluding tert-OH is 1. The van der Waals surface area contributed by atoms with E-state index >= 15 is 0 Å². The summed E-state index contributed by atoms with van der Waals surface area (Å²) in [6.07, 6.45) is 3.84. The van der Waals surface area contributed by atoms with E-state index in [0.29, 0.717) is 6.04 Å². The van der Waals surface area contributed by atoms with Crippen molar-refractivity contribution in [2.45, 2.75) is 37.8 Å². The Bertz CT molecular complexity index is 707. The first kappa shape index (κ1) is 20.4. The van der Waals surface area contributed by atoms with Crippen LogP contribution in [0, 0.1) is 0 Å². The van der Waals surface area contributed by atoms with Crippen LogP contribution in [0.3, 0.4) is 0 Å². The van der Waals surface area contributed by atoms with Gasteiger partial charge < -0.3 is 20.1 Å². The Morgan fingerprint density at radius 3 is 2.38 bits per heavy atom. The van der Waals surface area contributed by atoms with Gasteiger partial charge in [0, 0.05) is 12.1 Å². The molecule has 0 aromatic heterocycles. The number of halogens is 1. The van der Waals surface area contributed by atoms with Crippen LogP contribution in [0.2, 0.25) is 0 Å². The van der Waals surface area contributed by atoms with Crippen molar-refractivity contribution >= 4 is 12.4 Å². The molecule has 5 nitrogen and oxygen atoms in total. The molecule has 1 heterocycles. The third-order valence-corrected chi connectivity index (χ3v) is 5.12. The Morgan fingerprint density at radius 1 is 1.04 bits per heavy atom. The van der Waals surface area contributed by atoms with Crippen molar-refractivity contribution in [3.63, 3.8) is 0 Å². The fourth-order valence-electron chi connectivity index (χ4n) is 3.69. The average Bonchev–Trinajstić information content (AvgIpc) is 3.05. The van der Waals surface area contributed by atoms with Gasteiger partial charge in [0.1, 0.15) is 5.75 Å². The number of phenolic OH excluding ortho intramolecular Hbond substituents is 2. The fraction of sp³-hybridized carbons (Fsp3) is 0.400. The molecule has 0 saturated carbocycles. The largest absolute Gasteiger partial charge is 0.504 e. The average molecular weight is 380 g/mol. The van der Waals surface area contributed by atoms with E-state index < -0.39 is 0 Å². The summed E-state index contributed by atoms with van der Waals surface area (Å²) in [5.74, 6) is 0.624. The molecular formula is C20H26ClNO4. The molecule has 3 N–H and O–H groups in total. The van der Waals surface area contributed by atoms with Gasteiger partial charge in [-0.15, -0.1) is 12.4 Å². The van der Waals surface area contributed by atoms with Crippen LogP contribution >= 0.6 is 12.4 Å². The van der Waals surface area contributed by atoms with Gasteiger partial charge in [-0.1, -0.05) is 18.2 Å². The van der Waals surface area contributed by atoms with Gasteiger partial charge in [-0.2, -0.15) is 0 Å². The minimum atomic E-state index is -0.117. The lowest BCUT2D eigenvalue weighted by Gasteiger charge is -2.28. The Kier molecular flexibility index (Phi) is 7.14. The molecule has 1 aliphatic heterocycles. The second-order valence-corrected chi connectivity index (χ2v) is 6.54. The van der Waals surface area contributed by atoms with Crippen molar-refractivity contribution in [2.75, 3.05) is 13.8 Å². The lowest BCUT2D eigenvalue weighted by atomic mass is 10.0. The molecule has 26 heavy (non-hydrogen) atoms. The molecule has 2 aromatic rings. The van der Waals surface area contributed by atoms with Crippen LogP contribution in [0.1, 0.15) is 36.4 Å². The molecule has 2 atom stereocenters.